The molecule has 0 heterocycles. The average Bonchev–Trinajstić information content (AvgIpc) is 2.71. The molecule has 0 aliphatic heterocycles. The average molecular weight is 466 g/mol. The maximum Gasteiger partial charge on any atom is 0.380 e. The number of Topliss-reactive ketones (excluding diaryl/α,β-unsaturated/α-hetero) is 1. The second kappa shape index (κ2) is 10.2. The van der Waals surface area contributed by atoms with Crippen LogP contribution in [0.2, 0.25) is 0 Å². The zero-order valence-corrected chi connectivity index (χ0v) is 20.3. The number of methoxy groups -OCH3 is 3. The van der Waals surface area contributed by atoms with Gasteiger partial charge in [0, 0.05) is 35.2 Å². The van der Waals surface area contributed by atoms with E-state index in [4.69, 9.17) is 23.5 Å². The Labute approximate surface area is 189 Å². The highest BCUT2D eigenvalue weighted by Crippen LogP contribution is 2.40. The molecule has 2 aromatic carbocycles. The fraction of sp³-hybridized carbons (Fsp3) is 0.435. The van der Waals surface area contributed by atoms with Crippen LogP contribution in [0.3, 0.4) is 0 Å². The summed E-state index contributed by atoms with van der Waals surface area (Å²) in [6, 6.07) is 6.75. The largest absolute Gasteiger partial charge is 0.496 e. The zero-order valence-electron chi connectivity index (χ0n) is 19.5. The second-order valence-electron chi connectivity index (χ2n) is 7.94. The molecule has 0 aliphatic carbocycles. The van der Waals surface area contributed by atoms with Crippen molar-refractivity contribution in [3.05, 3.63) is 46.5 Å². The van der Waals surface area contributed by atoms with E-state index >= 15 is 0 Å². The quantitative estimate of drug-likeness (QED) is 0.528. The summed E-state index contributed by atoms with van der Waals surface area (Å²) in [5.41, 5.74) is 2.04. The van der Waals surface area contributed by atoms with Crippen LogP contribution in [0.15, 0.2) is 24.3 Å². The number of hydrogen-bond acceptors (Lipinski definition) is 7. The lowest BCUT2D eigenvalue weighted by molar-refractivity contribution is 0.0989. The van der Waals surface area contributed by atoms with Gasteiger partial charge in [-0.15, -0.1) is 0 Å². The van der Waals surface area contributed by atoms with E-state index in [1.54, 1.807) is 24.3 Å². The molecular weight excluding hydrogens is 434 g/mol. The molecule has 176 valence electrons. The molecule has 0 amide bonds. The first-order valence-corrected chi connectivity index (χ1v) is 11.6. The van der Waals surface area contributed by atoms with Gasteiger partial charge in [-0.25, -0.2) is 0 Å². The van der Waals surface area contributed by atoms with Gasteiger partial charge in [-0.1, -0.05) is 39.8 Å². The Kier molecular flexibility index (Phi) is 8.14. The van der Waals surface area contributed by atoms with E-state index in [9.17, 15) is 13.2 Å². The Morgan fingerprint density at radius 2 is 1.50 bits per heavy atom. The third kappa shape index (κ3) is 5.72. The Morgan fingerprint density at radius 3 is 1.91 bits per heavy atom. The van der Waals surface area contributed by atoms with Crippen molar-refractivity contribution in [3.8, 4) is 23.0 Å². The van der Waals surface area contributed by atoms with Crippen molar-refractivity contribution in [1.29, 1.82) is 0 Å². The third-order valence-electron chi connectivity index (χ3n) is 5.08. The predicted molar refractivity (Wildman–Crippen MR) is 122 cm³/mol. The van der Waals surface area contributed by atoms with Gasteiger partial charge in [0.05, 0.1) is 21.3 Å². The molecule has 0 aromatic heterocycles. The number of ether oxygens (including phenoxy) is 3. The molecule has 9 heteroatoms. The monoisotopic (exact) mass is 465 g/mol. The van der Waals surface area contributed by atoms with Crippen molar-refractivity contribution in [2.45, 2.75) is 46.0 Å². The molecule has 0 radical (unpaired) electrons. The van der Waals surface area contributed by atoms with Crippen LogP contribution < -0.4 is 23.5 Å². The van der Waals surface area contributed by atoms with E-state index in [2.05, 4.69) is 0 Å². The number of carbonyl (C=O) groups excluding carboxylic acids is 1. The summed E-state index contributed by atoms with van der Waals surface area (Å²) >= 11 is 0. The number of rotatable bonds is 10. The molecule has 0 saturated heterocycles. The Morgan fingerprint density at radius 1 is 0.938 bits per heavy atom. The van der Waals surface area contributed by atoms with E-state index in [1.165, 1.54) is 21.3 Å². The van der Waals surface area contributed by atoms with Crippen LogP contribution in [0.25, 0.3) is 0 Å². The molecule has 2 rings (SSSR count). The Bertz CT molecular complexity index is 1070. The first-order valence-electron chi connectivity index (χ1n) is 10.1. The van der Waals surface area contributed by atoms with Crippen molar-refractivity contribution in [1.82, 2.24) is 0 Å². The molecule has 8 nitrogen and oxygen atoms in total. The van der Waals surface area contributed by atoms with Gasteiger partial charge in [-0.3, -0.25) is 4.79 Å². The third-order valence-corrected chi connectivity index (χ3v) is 5.48. The summed E-state index contributed by atoms with van der Waals surface area (Å²) in [6.07, 6.45) is -0.0358. The van der Waals surface area contributed by atoms with Crippen LogP contribution in [-0.4, -0.2) is 35.5 Å². The summed E-state index contributed by atoms with van der Waals surface area (Å²) in [7, 11) is 0.235. The van der Waals surface area contributed by atoms with Crippen molar-refractivity contribution < 1.29 is 31.6 Å². The summed E-state index contributed by atoms with van der Waals surface area (Å²) < 4.78 is 44.9. The van der Waals surface area contributed by atoms with E-state index in [1.807, 2.05) is 27.7 Å². The number of ketones is 1. The van der Waals surface area contributed by atoms with E-state index in [-0.39, 0.29) is 29.8 Å². The van der Waals surface area contributed by atoms with Crippen LogP contribution >= 0.6 is 0 Å². The van der Waals surface area contributed by atoms with Gasteiger partial charge >= 0.3 is 10.3 Å². The molecule has 32 heavy (non-hydrogen) atoms. The Balaban J connectivity index is 2.66. The van der Waals surface area contributed by atoms with E-state index in [0.717, 1.165) is 0 Å². The molecular formula is C23H31NO7S. The van der Waals surface area contributed by atoms with Crippen LogP contribution in [-0.2, 0) is 16.7 Å². The van der Waals surface area contributed by atoms with Gasteiger partial charge in [0.1, 0.15) is 17.2 Å². The fourth-order valence-corrected chi connectivity index (χ4v) is 4.02. The predicted octanol–water partition coefficient (Wildman–Crippen LogP) is 3.97. The molecule has 0 saturated carbocycles. The summed E-state index contributed by atoms with van der Waals surface area (Å²) in [4.78, 5) is 13.5. The summed E-state index contributed by atoms with van der Waals surface area (Å²) in [5, 5.41) is 5.18. The molecule has 0 unspecified atom stereocenters. The lowest BCUT2D eigenvalue weighted by atomic mass is 9.87. The normalized spacial score (nSPS) is 11.6. The molecule has 0 fully saturated rings. The molecule has 0 atom stereocenters. The SMILES string of the molecule is COc1cc(OC)c(CC(=O)c2ccc(C(C)C)c(OS(N)(=O)=O)c2C(C)C)c(OC)c1. The molecule has 2 N–H and O–H groups in total. The van der Waals surface area contributed by atoms with E-state index in [0.29, 0.717) is 39.5 Å². The summed E-state index contributed by atoms with van der Waals surface area (Å²) in [6.45, 7) is 7.54. The molecule has 0 bridgehead atoms. The van der Waals surface area contributed by atoms with Crippen LogP contribution in [0, 0.1) is 0 Å². The lowest BCUT2D eigenvalue weighted by Gasteiger charge is -2.22. The first-order chi connectivity index (χ1) is 14.9. The van der Waals surface area contributed by atoms with Gasteiger partial charge in [-0.05, 0) is 17.4 Å². The maximum atomic E-state index is 13.5. The van der Waals surface area contributed by atoms with Crippen LogP contribution in [0.5, 0.6) is 23.0 Å². The zero-order chi connectivity index (χ0) is 24.2. The molecule has 2 aromatic rings. The highest BCUT2D eigenvalue weighted by Gasteiger charge is 2.27. The minimum absolute atomic E-state index is 0.0358. The highest BCUT2D eigenvalue weighted by atomic mass is 32.2. The van der Waals surface area contributed by atoms with Gasteiger partial charge in [0.25, 0.3) is 0 Å². The highest BCUT2D eigenvalue weighted by molar-refractivity contribution is 7.84. The number of nitrogens with two attached hydrogens (primary N) is 1. The summed E-state index contributed by atoms with van der Waals surface area (Å²) in [5.74, 6) is 1.03. The van der Waals surface area contributed by atoms with Gasteiger partial charge in [0.2, 0.25) is 0 Å². The minimum Gasteiger partial charge on any atom is -0.496 e. The standard InChI is InChI=1S/C23H31NO7S/c1-13(2)16-8-9-17(22(14(3)4)23(16)31-32(24,26)27)19(25)12-18-20(29-6)10-15(28-5)11-21(18)30-7/h8-11,13-14H,12H2,1-7H3,(H2,24,26,27). The smallest absolute Gasteiger partial charge is 0.380 e. The van der Waals surface area contributed by atoms with Gasteiger partial charge < -0.3 is 18.4 Å². The lowest BCUT2D eigenvalue weighted by Crippen LogP contribution is -2.22. The van der Waals surface area contributed by atoms with Crippen molar-refractivity contribution >= 4 is 16.1 Å². The number of hydrogen-bond donors (Lipinski definition) is 1. The minimum atomic E-state index is -4.28. The van der Waals surface area contributed by atoms with E-state index < -0.39 is 10.3 Å². The van der Waals surface area contributed by atoms with Crippen molar-refractivity contribution in [3.63, 3.8) is 0 Å². The maximum absolute atomic E-state index is 13.5. The first kappa shape index (κ1) is 25.5. The number of benzene rings is 2. The van der Waals surface area contributed by atoms with Gasteiger partial charge in [0.15, 0.2) is 11.5 Å². The topological polar surface area (TPSA) is 114 Å². The van der Waals surface area contributed by atoms with Crippen LogP contribution in [0.4, 0.5) is 0 Å². The van der Waals surface area contributed by atoms with Crippen molar-refractivity contribution in [2.24, 2.45) is 5.14 Å². The number of carbonyl (C=O) groups is 1. The van der Waals surface area contributed by atoms with Gasteiger partial charge in [-0.2, -0.15) is 13.6 Å². The van der Waals surface area contributed by atoms with Crippen molar-refractivity contribution in [2.75, 3.05) is 21.3 Å². The molecule has 0 spiro atoms. The molecule has 0 aliphatic rings. The Hall–Kier alpha value is -2.78. The second-order valence-corrected chi connectivity index (χ2v) is 9.09. The fourth-order valence-electron chi connectivity index (χ4n) is 3.60. The van der Waals surface area contributed by atoms with Crippen LogP contribution in [0.1, 0.15) is 66.6 Å².